The molecule has 2 aromatic heterocycles. The molecule has 0 spiro atoms. The van der Waals surface area contributed by atoms with E-state index in [-0.39, 0.29) is 47.0 Å². The maximum atomic E-state index is 12.7. The number of anilines is 1. The minimum Gasteiger partial charge on any atom is -0.463 e. The number of ether oxygens (including phenoxy) is 2. The van der Waals surface area contributed by atoms with Gasteiger partial charge in [0.2, 0.25) is 5.88 Å². The van der Waals surface area contributed by atoms with Gasteiger partial charge in [0, 0.05) is 6.08 Å². The lowest BCUT2D eigenvalue weighted by molar-refractivity contribution is -0.111. The molecule has 0 bridgehead atoms. The number of hydrogen-bond acceptors (Lipinski definition) is 8. The first-order valence-corrected chi connectivity index (χ1v) is 10.3. The fourth-order valence-corrected chi connectivity index (χ4v) is 3.17. The van der Waals surface area contributed by atoms with Crippen LogP contribution >= 0.6 is 0 Å². The average molecular weight is 453 g/mol. The summed E-state index contributed by atoms with van der Waals surface area (Å²) in [6.07, 6.45) is 3.63. The van der Waals surface area contributed by atoms with Crippen molar-refractivity contribution in [2.75, 3.05) is 18.5 Å². The number of amides is 1. The summed E-state index contributed by atoms with van der Waals surface area (Å²) in [6.45, 7) is 6.68. The summed E-state index contributed by atoms with van der Waals surface area (Å²) in [5.41, 5.74) is 0.830. The zero-order chi connectivity index (χ0) is 24.1. The zero-order valence-electron chi connectivity index (χ0n) is 18.6. The lowest BCUT2D eigenvalue weighted by Gasteiger charge is -2.06. The first-order valence-electron chi connectivity index (χ1n) is 10.3. The van der Waals surface area contributed by atoms with Gasteiger partial charge >= 0.3 is 11.9 Å². The number of hydrogen-bond donors (Lipinski definition) is 1. The molecule has 1 N–H and O–H groups in total. The minimum atomic E-state index is -0.845. The number of fused-ring (bicyclic) bond motifs is 1. The van der Waals surface area contributed by atoms with Crippen molar-refractivity contribution in [1.82, 2.24) is 0 Å². The van der Waals surface area contributed by atoms with Gasteiger partial charge in [-0.05, 0) is 45.9 Å². The van der Waals surface area contributed by atoms with Crippen LogP contribution < -0.4 is 10.7 Å². The maximum absolute atomic E-state index is 12.7. The van der Waals surface area contributed by atoms with Crippen LogP contribution in [0.1, 0.15) is 51.5 Å². The van der Waals surface area contributed by atoms with Crippen LogP contribution in [0, 0.1) is 13.8 Å². The Hall–Kier alpha value is -4.14. The van der Waals surface area contributed by atoms with E-state index in [1.54, 1.807) is 26.0 Å². The lowest BCUT2D eigenvalue weighted by atomic mass is 10.1. The standard InChI is InChI=1S/C24H23NO8/c1-5-30-23(28)19-14(4)33-22(20(19)24(29)31-6-2)25-18(26)10-8-15-12-32-17-9-7-13(3)11-16(17)21(15)27/h7-12H,5-6H2,1-4H3,(H,25,26)/b10-8+. The topological polar surface area (TPSA) is 125 Å². The number of carbonyl (C=O) groups is 3. The molecule has 0 saturated carbocycles. The zero-order valence-corrected chi connectivity index (χ0v) is 18.6. The van der Waals surface area contributed by atoms with Crippen LogP contribution in [-0.2, 0) is 14.3 Å². The van der Waals surface area contributed by atoms with E-state index >= 15 is 0 Å². The summed E-state index contributed by atoms with van der Waals surface area (Å²) in [5.74, 6) is -2.50. The molecular formula is C24H23NO8. The quantitative estimate of drug-likeness (QED) is 0.420. The maximum Gasteiger partial charge on any atom is 0.344 e. The van der Waals surface area contributed by atoms with Gasteiger partial charge in [-0.3, -0.25) is 14.9 Å². The molecule has 1 aromatic carbocycles. The van der Waals surface area contributed by atoms with Crippen molar-refractivity contribution >= 4 is 40.8 Å². The highest BCUT2D eigenvalue weighted by molar-refractivity contribution is 6.11. The predicted molar refractivity (Wildman–Crippen MR) is 120 cm³/mol. The number of rotatable bonds is 7. The van der Waals surface area contributed by atoms with E-state index in [9.17, 15) is 19.2 Å². The van der Waals surface area contributed by atoms with E-state index in [1.807, 2.05) is 13.0 Å². The highest BCUT2D eigenvalue weighted by Gasteiger charge is 2.31. The van der Waals surface area contributed by atoms with E-state index in [4.69, 9.17) is 18.3 Å². The van der Waals surface area contributed by atoms with E-state index < -0.39 is 17.8 Å². The first kappa shape index (κ1) is 23.5. The Morgan fingerprint density at radius 2 is 1.70 bits per heavy atom. The van der Waals surface area contributed by atoms with Crippen LogP contribution in [0.3, 0.4) is 0 Å². The van der Waals surface area contributed by atoms with Gasteiger partial charge in [-0.25, -0.2) is 9.59 Å². The Morgan fingerprint density at radius 1 is 1.03 bits per heavy atom. The summed E-state index contributed by atoms with van der Waals surface area (Å²) in [5, 5.41) is 2.80. The normalized spacial score (nSPS) is 11.0. The smallest absolute Gasteiger partial charge is 0.344 e. The molecule has 2 heterocycles. The van der Waals surface area contributed by atoms with Crippen LogP contribution in [0.15, 0.2) is 44.2 Å². The molecule has 0 fully saturated rings. The predicted octanol–water partition coefficient (Wildman–Crippen LogP) is 4.01. The molecule has 0 saturated heterocycles. The molecule has 9 heteroatoms. The number of aryl methyl sites for hydroxylation is 2. The third-order valence-electron chi connectivity index (χ3n) is 4.65. The van der Waals surface area contributed by atoms with Crippen molar-refractivity contribution in [2.45, 2.75) is 27.7 Å². The fraction of sp³-hybridized carbons (Fsp3) is 0.250. The Balaban J connectivity index is 1.91. The molecule has 3 rings (SSSR count). The Kier molecular flexibility index (Phi) is 7.12. The second-order valence-electron chi connectivity index (χ2n) is 7.02. The molecule has 0 unspecified atom stereocenters. The molecule has 9 nitrogen and oxygen atoms in total. The Morgan fingerprint density at radius 3 is 2.36 bits per heavy atom. The number of esters is 2. The second kappa shape index (κ2) is 9.99. The van der Waals surface area contributed by atoms with Gasteiger partial charge in [-0.1, -0.05) is 11.6 Å². The monoisotopic (exact) mass is 453 g/mol. The summed E-state index contributed by atoms with van der Waals surface area (Å²) in [7, 11) is 0. The van der Waals surface area contributed by atoms with Crippen molar-refractivity contribution in [3.63, 3.8) is 0 Å². The Labute approximate surface area is 189 Å². The summed E-state index contributed by atoms with van der Waals surface area (Å²) in [4.78, 5) is 49.9. The molecule has 33 heavy (non-hydrogen) atoms. The van der Waals surface area contributed by atoms with Gasteiger partial charge in [0.05, 0.1) is 24.2 Å². The molecule has 0 aliphatic carbocycles. The molecule has 0 atom stereocenters. The van der Waals surface area contributed by atoms with E-state index in [2.05, 4.69) is 5.32 Å². The van der Waals surface area contributed by atoms with Crippen molar-refractivity contribution < 1.29 is 32.7 Å². The van der Waals surface area contributed by atoms with E-state index in [1.165, 1.54) is 19.3 Å². The summed E-state index contributed by atoms with van der Waals surface area (Å²) < 4.78 is 20.9. The lowest BCUT2D eigenvalue weighted by Crippen LogP contribution is -2.16. The molecule has 3 aromatic rings. The van der Waals surface area contributed by atoms with Crippen LogP contribution in [0.5, 0.6) is 0 Å². The largest absolute Gasteiger partial charge is 0.463 e. The van der Waals surface area contributed by atoms with Gasteiger partial charge in [0.1, 0.15) is 28.7 Å². The van der Waals surface area contributed by atoms with Crippen molar-refractivity contribution in [1.29, 1.82) is 0 Å². The van der Waals surface area contributed by atoms with Gasteiger partial charge in [-0.15, -0.1) is 0 Å². The summed E-state index contributed by atoms with van der Waals surface area (Å²) in [6, 6.07) is 5.22. The summed E-state index contributed by atoms with van der Waals surface area (Å²) >= 11 is 0. The third-order valence-corrected chi connectivity index (χ3v) is 4.65. The number of carbonyl (C=O) groups excluding carboxylic acids is 3. The second-order valence-corrected chi connectivity index (χ2v) is 7.02. The molecule has 172 valence electrons. The molecule has 0 aliphatic heterocycles. The van der Waals surface area contributed by atoms with Crippen molar-refractivity contribution in [3.8, 4) is 0 Å². The Bertz CT molecular complexity index is 1310. The molecule has 1 amide bonds. The van der Waals surface area contributed by atoms with Gasteiger partial charge in [0.25, 0.3) is 5.91 Å². The van der Waals surface area contributed by atoms with Crippen LogP contribution in [0.4, 0.5) is 5.88 Å². The first-order chi connectivity index (χ1) is 15.8. The number of nitrogens with one attached hydrogen (secondary N) is 1. The van der Waals surface area contributed by atoms with Crippen LogP contribution in [-0.4, -0.2) is 31.1 Å². The van der Waals surface area contributed by atoms with Crippen LogP contribution in [0.2, 0.25) is 0 Å². The fourth-order valence-electron chi connectivity index (χ4n) is 3.17. The average Bonchev–Trinajstić information content (AvgIpc) is 3.09. The van der Waals surface area contributed by atoms with Gasteiger partial charge < -0.3 is 18.3 Å². The van der Waals surface area contributed by atoms with Crippen LogP contribution in [0.25, 0.3) is 17.0 Å². The van der Waals surface area contributed by atoms with Gasteiger partial charge in [-0.2, -0.15) is 0 Å². The molecule has 0 aliphatic rings. The van der Waals surface area contributed by atoms with E-state index in [0.717, 1.165) is 11.6 Å². The molecular weight excluding hydrogens is 430 g/mol. The van der Waals surface area contributed by atoms with Gasteiger partial charge in [0.15, 0.2) is 5.43 Å². The van der Waals surface area contributed by atoms with Crippen molar-refractivity contribution in [3.05, 3.63) is 68.8 Å². The van der Waals surface area contributed by atoms with Crippen molar-refractivity contribution in [2.24, 2.45) is 0 Å². The number of benzene rings is 1. The highest BCUT2D eigenvalue weighted by Crippen LogP contribution is 2.29. The third kappa shape index (κ3) is 5.03. The van der Waals surface area contributed by atoms with E-state index in [0.29, 0.717) is 11.0 Å². The minimum absolute atomic E-state index is 0.0514. The molecule has 0 radical (unpaired) electrons. The SMILES string of the molecule is CCOC(=O)c1c(C)oc(NC(=O)/C=C/c2coc3ccc(C)cc3c2=O)c1C(=O)OCC. The highest BCUT2D eigenvalue weighted by atomic mass is 16.5. The number of furan rings is 1.